The van der Waals surface area contributed by atoms with Gasteiger partial charge in [-0.25, -0.2) is 17.5 Å². The van der Waals surface area contributed by atoms with Crippen LogP contribution in [-0.2, 0) is 14.8 Å². The number of sulfonamides is 1. The monoisotopic (exact) mass is 428 g/mol. The number of halogens is 2. The lowest BCUT2D eigenvalue weighted by atomic mass is 10.1. The number of nitrogens with one attached hydrogen (secondary N) is 2. The predicted molar refractivity (Wildman–Crippen MR) is 96.9 cm³/mol. The summed E-state index contributed by atoms with van der Waals surface area (Å²) in [5.41, 5.74) is 0.933. The zero-order valence-corrected chi connectivity index (χ0v) is 15.9. The number of carbonyl (C=O) groups excluding carboxylic acids is 1. The smallest absolute Gasteiger partial charge is 0.240 e. The summed E-state index contributed by atoms with van der Waals surface area (Å²) in [4.78, 5) is 11.9. The van der Waals surface area contributed by atoms with Gasteiger partial charge in [0, 0.05) is 17.4 Å². The molecule has 25 heavy (non-hydrogen) atoms. The van der Waals surface area contributed by atoms with Crippen LogP contribution in [0.25, 0.3) is 0 Å². The summed E-state index contributed by atoms with van der Waals surface area (Å²) in [6.45, 7) is 1.80. The van der Waals surface area contributed by atoms with E-state index < -0.39 is 15.8 Å². The first kappa shape index (κ1) is 19.6. The molecule has 0 unspecified atom stereocenters. The molecule has 2 aromatic carbocycles. The van der Waals surface area contributed by atoms with Crippen LogP contribution in [0.4, 0.5) is 4.39 Å². The highest BCUT2D eigenvalue weighted by molar-refractivity contribution is 9.10. The first-order valence-corrected chi connectivity index (χ1v) is 9.86. The number of amides is 1. The van der Waals surface area contributed by atoms with Crippen molar-refractivity contribution in [2.75, 3.05) is 6.54 Å². The summed E-state index contributed by atoms with van der Waals surface area (Å²) in [6, 6.07) is 11.8. The molecule has 0 aromatic heterocycles. The molecule has 0 aliphatic heterocycles. The minimum Gasteiger partial charge on any atom is -0.350 e. The highest BCUT2D eigenvalue weighted by atomic mass is 79.9. The van der Waals surface area contributed by atoms with Crippen LogP contribution in [0.5, 0.6) is 0 Å². The van der Waals surface area contributed by atoms with E-state index in [1.165, 1.54) is 12.1 Å². The molecule has 0 heterocycles. The lowest BCUT2D eigenvalue weighted by Gasteiger charge is -2.16. The fraction of sp³-hybridized carbons (Fsp3) is 0.235. The van der Waals surface area contributed by atoms with Gasteiger partial charge < -0.3 is 5.32 Å². The average Bonchev–Trinajstić information content (AvgIpc) is 2.55. The van der Waals surface area contributed by atoms with Crippen LogP contribution in [0, 0.1) is 5.82 Å². The first-order valence-electron chi connectivity index (χ1n) is 7.58. The summed E-state index contributed by atoms with van der Waals surface area (Å²) in [7, 11) is -3.76. The Kier molecular flexibility index (Phi) is 6.69. The van der Waals surface area contributed by atoms with Crippen LogP contribution < -0.4 is 10.0 Å². The van der Waals surface area contributed by atoms with Gasteiger partial charge >= 0.3 is 0 Å². The Balaban J connectivity index is 1.86. The van der Waals surface area contributed by atoms with Crippen molar-refractivity contribution in [2.45, 2.75) is 24.3 Å². The number of carbonyl (C=O) groups is 1. The predicted octanol–water partition coefficient (Wildman–Crippen LogP) is 3.13. The van der Waals surface area contributed by atoms with E-state index in [2.05, 4.69) is 26.0 Å². The van der Waals surface area contributed by atoms with E-state index in [0.29, 0.717) is 0 Å². The van der Waals surface area contributed by atoms with Crippen molar-refractivity contribution in [3.05, 3.63) is 64.4 Å². The molecule has 134 valence electrons. The molecule has 0 aliphatic rings. The van der Waals surface area contributed by atoms with Crippen molar-refractivity contribution in [3.63, 3.8) is 0 Å². The lowest BCUT2D eigenvalue weighted by molar-refractivity contribution is -0.121. The van der Waals surface area contributed by atoms with Crippen LogP contribution in [0.2, 0.25) is 0 Å². The molecule has 1 amide bonds. The van der Waals surface area contributed by atoms with Crippen LogP contribution in [-0.4, -0.2) is 20.9 Å². The van der Waals surface area contributed by atoms with Gasteiger partial charge in [0.05, 0.1) is 10.9 Å². The summed E-state index contributed by atoms with van der Waals surface area (Å²) >= 11 is 3.43. The molecule has 2 N–H and O–H groups in total. The van der Waals surface area contributed by atoms with E-state index in [0.717, 1.165) is 22.2 Å². The number of hydrogen-bond donors (Lipinski definition) is 2. The van der Waals surface area contributed by atoms with Crippen LogP contribution in [0.3, 0.4) is 0 Å². The van der Waals surface area contributed by atoms with E-state index >= 15 is 0 Å². The van der Waals surface area contributed by atoms with Gasteiger partial charge in [0.25, 0.3) is 0 Å². The molecule has 0 spiro atoms. The van der Waals surface area contributed by atoms with Crippen LogP contribution in [0.15, 0.2) is 57.9 Å². The largest absolute Gasteiger partial charge is 0.350 e. The second-order valence-corrected chi connectivity index (χ2v) is 8.03. The number of hydrogen-bond acceptors (Lipinski definition) is 3. The maximum Gasteiger partial charge on any atom is 0.240 e. The molecule has 0 saturated heterocycles. The molecule has 8 heteroatoms. The molecule has 1 atom stereocenters. The van der Waals surface area contributed by atoms with Crippen molar-refractivity contribution < 1.29 is 17.6 Å². The van der Waals surface area contributed by atoms with Crippen molar-refractivity contribution in [1.82, 2.24) is 10.0 Å². The van der Waals surface area contributed by atoms with Crippen molar-refractivity contribution >= 4 is 31.9 Å². The topological polar surface area (TPSA) is 75.3 Å². The van der Waals surface area contributed by atoms with Gasteiger partial charge in [0.1, 0.15) is 5.82 Å². The molecule has 2 rings (SSSR count). The zero-order chi connectivity index (χ0) is 18.4. The fourth-order valence-electron chi connectivity index (χ4n) is 2.21. The standard InChI is InChI=1S/C17H18BrFN2O3S/c1-12(15-4-2-3-5-16(15)18)21-17(22)10-11-20-25(23,24)14-8-6-13(19)7-9-14/h2-9,12,20H,10-11H2,1H3,(H,21,22)/t12-/m1/s1. The normalized spacial score (nSPS) is 12.6. The van der Waals surface area contributed by atoms with Gasteiger partial charge in [-0.1, -0.05) is 34.1 Å². The highest BCUT2D eigenvalue weighted by Crippen LogP contribution is 2.22. The van der Waals surface area contributed by atoms with Gasteiger partial charge in [-0.05, 0) is 42.8 Å². The average molecular weight is 429 g/mol. The zero-order valence-electron chi connectivity index (χ0n) is 13.5. The third-order valence-electron chi connectivity index (χ3n) is 3.52. The third-order valence-corrected chi connectivity index (χ3v) is 5.72. The molecule has 0 aliphatic carbocycles. The molecule has 2 aromatic rings. The Morgan fingerprint density at radius 3 is 2.44 bits per heavy atom. The van der Waals surface area contributed by atoms with Gasteiger partial charge in [0.2, 0.25) is 15.9 Å². The quantitative estimate of drug-likeness (QED) is 0.710. The fourth-order valence-corrected chi connectivity index (χ4v) is 3.87. The first-order chi connectivity index (χ1) is 11.8. The van der Waals surface area contributed by atoms with Crippen molar-refractivity contribution in [2.24, 2.45) is 0 Å². The third kappa shape index (κ3) is 5.62. The van der Waals surface area contributed by atoms with Crippen molar-refractivity contribution in [1.29, 1.82) is 0 Å². The summed E-state index contributed by atoms with van der Waals surface area (Å²) in [5.74, 6) is -0.788. The molecule has 0 radical (unpaired) electrons. The SMILES string of the molecule is C[C@@H](NC(=O)CCNS(=O)(=O)c1ccc(F)cc1)c1ccccc1Br. The minimum atomic E-state index is -3.76. The number of benzene rings is 2. The Morgan fingerprint density at radius 1 is 1.16 bits per heavy atom. The molecule has 0 bridgehead atoms. The van der Waals surface area contributed by atoms with Gasteiger partial charge in [-0.15, -0.1) is 0 Å². The lowest BCUT2D eigenvalue weighted by Crippen LogP contribution is -2.32. The molecule has 5 nitrogen and oxygen atoms in total. The van der Waals surface area contributed by atoms with Gasteiger partial charge in [0.15, 0.2) is 0 Å². The summed E-state index contributed by atoms with van der Waals surface area (Å²) in [5, 5.41) is 2.82. The van der Waals surface area contributed by atoms with Gasteiger partial charge in [-0.3, -0.25) is 4.79 Å². The Morgan fingerprint density at radius 2 is 1.80 bits per heavy atom. The number of rotatable bonds is 7. The second kappa shape index (κ2) is 8.55. The molecular formula is C17H18BrFN2O3S. The van der Waals surface area contributed by atoms with Crippen LogP contribution >= 0.6 is 15.9 Å². The van der Waals surface area contributed by atoms with E-state index in [1.807, 2.05) is 31.2 Å². The molecule has 0 saturated carbocycles. The molecular weight excluding hydrogens is 411 g/mol. The van der Waals surface area contributed by atoms with E-state index in [-0.39, 0.29) is 29.8 Å². The molecule has 0 fully saturated rings. The Labute approximate surface area is 154 Å². The minimum absolute atomic E-state index is 0.00474. The maximum atomic E-state index is 12.9. The van der Waals surface area contributed by atoms with E-state index in [4.69, 9.17) is 0 Å². The van der Waals surface area contributed by atoms with E-state index in [9.17, 15) is 17.6 Å². The summed E-state index contributed by atoms with van der Waals surface area (Å²) in [6.07, 6.45) is -0.00474. The summed E-state index contributed by atoms with van der Waals surface area (Å²) < 4.78 is 40.2. The highest BCUT2D eigenvalue weighted by Gasteiger charge is 2.15. The van der Waals surface area contributed by atoms with E-state index in [1.54, 1.807) is 0 Å². The maximum absolute atomic E-state index is 12.9. The van der Waals surface area contributed by atoms with Crippen LogP contribution in [0.1, 0.15) is 24.9 Å². The van der Waals surface area contributed by atoms with Gasteiger partial charge in [-0.2, -0.15) is 0 Å². The van der Waals surface area contributed by atoms with Crippen molar-refractivity contribution in [3.8, 4) is 0 Å². The second-order valence-electron chi connectivity index (χ2n) is 5.41. The Bertz CT molecular complexity index is 841. The Hall–Kier alpha value is -1.77.